The lowest BCUT2D eigenvalue weighted by molar-refractivity contribution is 0.0967. The zero-order chi connectivity index (χ0) is 21.9. The summed E-state index contributed by atoms with van der Waals surface area (Å²) in [6.07, 6.45) is 8.22. The van der Waals surface area contributed by atoms with Crippen LogP contribution in [0.5, 0.6) is 23.0 Å². The molecule has 162 valence electrons. The maximum atomic E-state index is 12.1. The third kappa shape index (κ3) is 7.43. The van der Waals surface area contributed by atoms with Gasteiger partial charge in [-0.25, -0.2) is 0 Å². The van der Waals surface area contributed by atoms with Crippen molar-refractivity contribution in [3.63, 3.8) is 0 Å². The lowest BCUT2D eigenvalue weighted by Crippen LogP contribution is -1.99. The van der Waals surface area contributed by atoms with Crippen molar-refractivity contribution in [2.75, 3.05) is 0 Å². The Hall–Kier alpha value is -3.02. The van der Waals surface area contributed by atoms with E-state index in [9.17, 15) is 30.0 Å². The fourth-order valence-corrected chi connectivity index (χ4v) is 3.40. The molecule has 2 aromatic carbocycles. The normalized spacial score (nSPS) is 10.8. The molecular formula is C24H30O6. The summed E-state index contributed by atoms with van der Waals surface area (Å²) in [4.78, 5) is 24.2. The maximum Gasteiger partial charge on any atom is 0.166 e. The fraction of sp³-hybridized carbons (Fsp3) is 0.417. The van der Waals surface area contributed by atoms with Crippen LogP contribution in [0, 0.1) is 0 Å². The molecule has 0 saturated carbocycles. The number of aromatic hydroxyl groups is 4. The van der Waals surface area contributed by atoms with E-state index in [2.05, 4.69) is 0 Å². The van der Waals surface area contributed by atoms with Crippen LogP contribution in [0.1, 0.15) is 84.9 Å². The molecule has 4 N–H and O–H groups in total. The molecule has 0 unspecified atom stereocenters. The molecule has 0 heterocycles. The number of carbonyl (C=O) groups is 2. The highest BCUT2D eigenvalue weighted by Gasteiger charge is 2.12. The highest BCUT2D eigenvalue weighted by molar-refractivity contribution is 5.99. The van der Waals surface area contributed by atoms with Crippen molar-refractivity contribution >= 4 is 11.6 Å². The van der Waals surface area contributed by atoms with Gasteiger partial charge in [0.2, 0.25) is 0 Å². The molecule has 0 amide bonds. The number of rotatable bonds is 13. The Bertz CT molecular complexity index is 787. The first-order valence-electron chi connectivity index (χ1n) is 10.5. The summed E-state index contributed by atoms with van der Waals surface area (Å²) < 4.78 is 0. The average Bonchev–Trinajstić information content (AvgIpc) is 2.72. The van der Waals surface area contributed by atoms with Gasteiger partial charge in [-0.1, -0.05) is 38.5 Å². The molecule has 0 aliphatic carbocycles. The van der Waals surface area contributed by atoms with Crippen LogP contribution >= 0.6 is 0 Å². The third-order valence-corrected chi connectivity index (χ3v) is 5.12. The summed E-state index contributed by atoms with van der Waals surface area (Å²) >= 11 is 0. The average molecular weight is 414 g/mol. The number of hydrogen-bond donors (Lipinski definition) is 4. The predicted octanol–water partition coefficient (Wildman–Crippen LogP) is 5.48. The number of ketones is 2. The van der Waals surface area contributed by atoms with E-state index in [1.807, 2.05) is 0 Å². The highest BCUT2D eigenvalue weighted by atomic mass is 16.3. The van der Waals surface area contributed by atoms with Gasteiger partial charge in [-0.2, -0.15) is 0 Å². The summed E-state index contributed by atoms with van der Waals surface area (Å²) in [5, 5.41) is 38.2. The molecule has 2 aromatic rings. The first kappa shape index (κ1) is 23.3. The third-order valence-electron chi connectivity index (χ3n) is 5.12. The molecule has 30 heavy (non-hydrogen) atoms. The molecule has 2 rings (SSSR count). The van der Waals surface area contributed by atoms with E-state index in [4.69, 9.17) is 0 Å². The second-order valence-corrected chi connectivity index (χ2v) is 7.58. The van der Waals surface area contributed by atoms with Crippen molar-refractivity contribution in [1.82, 2.24) is 0 Å². The quantitative estimate of drug-likeness (QED) is 0.196. The van der Waals surface area contributed by atoms with Gasteiger partial charge in [-0.15, -0.1) is 0 Å². The van der Waals surface area contributed by atoms with Gasteiger partial charge in [0.15, 0.2) is 11.6 Å². The van der Waals surface area contributed by atoms with Gasteiger partial charge in [-0.3, -0.25) is 9.59 Å². The van der Waals surface area contributed by atoms with E-state index in [0.717, 1.165) is 51.4 Å². The predicted molar refractivity (Wildman–Crippen MR) is 114 cm³/mol. The van der Waals surface area contributed by atoms with Gasteiger partial charge >= 0.3 is 0 Å². The summed E-state index contributed by atoms with van der Waals surface area (Å²) in [6.45, 7) is 0. The highest BCUT2D eigenvalue weighted by Crippen LogP contribution is 2.25. The molecule has 6 heteroatoms. The zero-order valence-electron chi connectivity index (χ0n) is 17.1. The summed E-state index contributed by atoms with van der Waals surface area (Å²) in [7, 11) is 0. The van der Waals surface area contributed by atoms with Crippen LogP contribution in [0.15, 0.2) is 36.4 Å². The Morgan fingerprint density at radius 2 is 0.867 bits per heavy atom. The minimum absolute atomic E-state index is 0.0310. The van der Waals surface area contributed by atoms with Crippen LogP contribution in [0.4, 0.5) is 0 Å². The monoisotopic (exact) mass is 414 g/mol. The van der Waals surface area contributed by atoms with E-state index in [1.165, 1.54) is 36.4 Å². The first-order valence-corrected chi connectivity index (χ1v) is 10.5. The molecule has 0 aromatic heterocycles. The van der Waals surface area contributed by atoms with Crippen LogP contribution in [0.3, 0.4) is 0 Å². The largest absolute Gasteiger partial charge is 0.508 e. The molecular weight excluding hydrogens is 384 g/mol. The Morgan fingerprint density at radius 1 is 0.533 bits per heavy atom. The smallest absolute Gasteiger partial charge is 0.166 e. The van der Waals surface area contributed by atoms with Crippen LogP contribution in [0.25, 0.3) is 0 Å². The topological polar surface area (TPSA) is 115 Å². The standard InChI is InChI=1S/C24H30O6/c25-17-11-13-23(29)19(15-17)21(27)9-7-5-3-1-2-4-6-8-10-22(28)20-16-18(26)12-14-24(20)30/h11-16,25-26,29-30H,1-10H2. The Labute approximate surface area is 176 Å². The summed E-state index contributed by atoms with van der Waals surface area (Å²) in [5.74, 6) is -0.587. The Balaban J connectivity index is 1.51. The minimum Gasteiger partial charge on any atom is -0.508 e. The Morgan fingerprint density at radius 3 is 1.23 bits per heavy atom. The van der Waals surface area contributed by atoms with Crippen molar-refractivity contribution in [3.05, 3.63) is 47.5 Å². The van der Waals surface area contributed by atoms with E-state index < -0.39 is 0 Å². The molecule has 6 nitrogen and oxygen atoms in total. The molecule has 0 aliphatic rings. The van der Waals surface area contributed by atoms with Gasteiger partial charge in [0.25, 0.3) is 0 Å². The number of carbonyl (C=O) groups excluding carboxylic acids is 2. The van der Waals surface area contributed by atoms with Gasteiger partial charge in [0.1, 0.15) is 23.0 Å². The lowest BCUT2D eigenvalue weighted by atomic mass is 10.0. The molecule has 0 fully saturated rings. The van der Waals surface area contributed by atoms with Crippen molar-refractivity contribution < 1.29 is 30.0 Å². The number of phenols is 4. The molecule has 0 radical (unpaired) electrons. The van der Waals surface area contributed by atoms with Crippen LogP contribution in [0.2, 0.25) is 0 Å². The molecule has 0 spiro atoms. The van der Waals surface area contributed by atoms with Gasteiger partial charge < -0.3 is 20.4 Å². The summed E-state index contributed by atoms with van der Waals surface area (Å²) in [5.41, 5.74) is 0.340. The van der Waals surface area contributed by atoms with Crippen LogP contribution < -0.4 is 0 Å². The number of benzene rings is 2. The van der Waals surface area contributed by atoms with Crippen molar-refractivity contribution in [3.8, 4) is 23.0 Å². The Kier molecular flexibility index (Phi) is 9.19. The number of phenolic OH excluding ortho intramolecular Hbond substituents is 4. The fourth-order valence-electron chi connectivity index (χ4n) is 3.40. The molecule has 0 saturated heterocycles. The van der Waals surface area contributed by atoms with Crippen molar-refractivity contribution in [2.24, 2.45) is 0 Å². The summed E-state index contributed by atoms with van der Waals surface area (Å²) in [6, 6.07) is 7.93. The first-order chi connectivity index (χ1) is 14.4. The van der Waals surface area contributed by atoms with E-state index in [1.54, 1.807) is 0 Å². The van der Waals surface area contributed by atoms with E-state index in [0.29, 0.717) is 12.8 Å². The second-order valence-electron chi connectivity index (χ2n) is 7.58. The van der Waals surface area contributed by atoms with Crippen LogP contribution in [-0.4, -0.2) is 32.0 Å². The van der Waals surface area contributed by atoms with Gasteiger partial charge in [-0.05, 0) is 49.2 Å². The maximum absolute atomic E-state index is 12.1. The number of Topliss-reactive ketones (excluding diaryl/α,β-unsaturated/α-hetero) is 2. The van der Waals surface area contributed by atoms with Crippen molar-refractivity contribution in [1.29, 1.82) is 0 Å². The number of hydrogen-bond acceptors (Lipinski definition) is 6. The van der Waals surface area contributed by atoms with Crippen molar-refractivity contribution in [2.45, 2.75) is 64.2 Å². The van der Waals surface area contributed by atoms with Gasteiger partial charge in [0.05, 0.1) is 11.1 Å². The zero-order valence-corrected chi connectivity index (χ0v) is 17.1. The molecule has 0 atom stereocenters. The van der Waals surface area contributed by atoms with E-state index >= 15 is 0 Å². The molecule has 0 aliphatic heterocycles. The lowest BCUT2D eigenvalue weighted by Gasteiger charge is -2.06. The van der Waals surface area contributed by atoms with Gasteiger partial charge in [0, 0.05) is 12.8 Å². The van der Waals surface area contributed by atoms with E-state index in [-0.39, 0.29) is 45.7 Å². The van der Waals surface area contributed by atoms with Crippen LogP contribution in [-0.2, 0) is 0 Å². The minimum atomic E-state index is -0.161. The second kappa shape index (κ2) is 11.9. The molecule has 0 bridgehead atoms. The SMILES string of the molecule is O=C(CCCCCCCCCCC(=O)c1cc(O)ccc1O)c1cc(O)ccc1O. The number of unbranched alkanes of at least 4 members (excludes halogenated alkanes) is 7.